The zero-order valence-electron chi connectivity index (χ0n) is 18.6. The molecular formula is C24H30ClNO4S2. The molecule has 32 heavy (non-hydrogen) atoms. The molecule has 3 rings (SSSR count). The number of carbonyl (C=O) groups is 1. The summed E-state index contributed by atoms with van der Waals surface area (Å²) in [5.41, 5.74) is 1.97. The minimum absolute atomic E-state index is 0.0574. The molecule has 2 aromatic rings. The smallest absolute Gasteiger partial charge is 0.308 e. The van der Waals surface area contributed by atoms with Crippen molar-refractivity contribution >= 4 is 39.4 Å². The molecule has 0 bridgehead atoms. The Hall–Kier alpha value is -1.54. The molecule has 0 aromatic heterocycles. The Morgan fingerprint density at radius 2 is 1.78 bits per heavy atom. The minimum Gasteiger partial charge on any atom is -0.481 e. The summed E-state index contributed by atoms with van der Waals surface area (Å²) in [6.07, 6.45) is 1.45. The van der Waals surface area contributed by atoms with Crippen LogP contribution in [0.5, 0.6) is 0 Å². The maximum absolute atomic E-state index is 13.6. The Morgan fingerprint density at radius 3 is 2.34 bits per heavy atom. The first-order valence-corrected chi connectivity index (χ1v) is 13.6. The van der Waals surface area contributed by atoms with Crippen molar-refractivity contribution in [3.8, 4) is 0 Å². The van der Waals surface area contributed by atoms with Crippen LogP contribution >= 0.6 is 23.4 Å². The van der Waals surface area contributed by atoms with E-state index in [1.54, 1.807) is 23.9 Å². The van der Waals surface area contributed by atoms with Crippen LogP contribution in [0.1, 0.15) is 43.9 Å². The van der Waals surface area contributed by atoms with Crippen molar-refractivity contribution in [2.45, 2.75) is 49.8 Å². The number of sulfonamides is 1. The third kappa shape index (κ3) is 5.87. The number of benzene rings is 2. The molecule has 1 aliphatic heterocycles. The van der Waals surface area contributed by atoms with Crippen LogP contribution in [-0.2, 0) is 14.8 Å². The number of carboxylic acids is 1. The molecule has 1 heterocycles. The van der Waals surface area contributed by atoms with Gasteiger partial charge in [0.15, 0.2) is 0 Å². The van der Waals surface area contributed by atoms with Crippen LogP contribution in [0.2, 0.25) is 5.02 Å². The van der Waals surface area contributed by atoms with E-state index >= 15 is 0 Å². The first kappa shape index (κ1) is 25.1. The first-order valence-electron chi connectivity index (χ1n) is 10.8. The molecule has 0 aliphatic carbocycles. The summed E-state index contributed by atoms with van der Waals surface area (Å²) in [6.45, 7) is 6.22. The second kappa shape index (κ2) is 10.6. The largest absolute Gasteiger partial charge is 0.481 e. The lowest BCUT2D eigenvalue weighted by Crippen LogP contribution is -2.49. The molecular weight excluding hydrogens is 466 g/mol. The average molecular weight is 496 g/mol. The van der Waals surface area contributed by atoms with E-state index in [9.17, 15) is 18.3 Å². The highest BCUT2D eigenvalue weighted by Gasteiger charge is 2.45. The van der Waals surface area contributed by atoms with Crippen LogP contribution in [0.3, 0.4) is 0 Å². The standard InChI is InChI=1S/C24H30ClNO4S2/c1-16(2)12-13-31-23-14-22(18-6-4-17(3)5-7-18)26(15-21(23)24(27)28)32(29,30)20-10-8-19(25)9-11-20/h4-11,16,21-23H,12-15H2,1-3H3,(H,27,28)/t21-,22+,23-/m1/s1. The summed E-state index contributed by atoms with van der Waals surface area (Å²) in [7, 11) is -3.91. The van der Waals surface area contributed by atoms with Crippen molar-refractivity contribution < 1.29 is 18.3 Å². The molecule has 1 aliphatic rings. The van der Waals surface area contributed by atoms with Gasteiger partial charge in [-0.1, -0.05) is 55.3 Å². The van der Waals surface area contributed by atoms with Crippen molar-refractivity contribution in [2.75, 3.05) is 12.3 Å². The second-order valence-corrected chi connectivity index (χ2v) is 12.4. The molecule has 8 heteroatoms. The fourth-order valence-corrected chi connectivity index (χ4v) is 7.36. The van der Waals surface area contributed by atoms with E-state index in [2.05, 4.69) is 13.8 Å². The molecule has 1 N–H and O–H groups in total. The van der Waals surface area contributed by atoms with E-state index in [1.807, 2.05) is 31.2 Å². The molecule has 5 nitrogen and oxygen atoms in total. The summed E-state index contributed by atoms with van der Waals surface area (Å²) in [4.78, 5) is 12.3. The fourth-order valence-electron chi connectivity index (χ4n) is 3.92. The van der Waals surface area contributed by atoms with Crippen LogP contribution in [0.15, 0.2) is 53.4 Å². The van der Waals surface area contributed by atoms with Gasteiger partial charge in [-0.15, -0.1) is 0 Å². The van der Waals surface area contributed by atoms with Gasteiger partial charge in [0, 0.05) is 16.8 Å². The van der Waals surface area contributed by atoms with Crippen LogP contribution in [0, 0.1) is 18.8 Å². The molecule has 3 atom stereocenters. The lowest BCUT2D eigenvalue weighted by Gasteiger charge is -2.42. The van der Waals surface area contributed by atoms with Crippen molar-refractivity contribution in [1.82, 2.24) is 4.31 Å². The summed E-state index contributed by atoms with van der Waals surface area (Å²) in [5.74, 6) is -0.331. The highest BCUT2D eigenvalue weighted by Crippen LogP contribution is 2.42. The number of halogens is 1. The molecule has 0 amide bonds. The summed E-state index contributed by atoms with van der Waals surface area (Å²) in [6, 6.07) is 13.4. The topological polar surface area (TPSA) is 74.7 Å². The number of hydrogen-bond acceptors (Lipinski definition) is 4. The van der Waals surface area contributed by atoms with Crippen LogP contribution in [-0.4, -0.2) is 41.3 Å². The normalized spacial score (nSPS) is 22.2. The predicted molar refractivity (Wildman–Crippen MR) is 131 cm³/mol. The van der Waals surface area contributed by atoms with E-state index in [0.29, 0.717) is 17.4 Å². The Morgan fingerprint density at radius 1 is 1.16 bits per heavy atom. The van der Waals surface area contributed by atoms with Crippen molar-refractivity contribution in [3.05, 3.63) is 64.7 Å². The summed E-state index contributed by atoms with van der Waals surface area (Å²) in [5, 5.41) is 10.2. The molecule has 2 aromatic carbocycles. The van der Waals surface area contributed by atoms with E-state index in [4.69, 9.17) is 11.6 Å². The highest BCUT2D eigenvalue weighted by molar-refractivity contribution is 7.99. The number of nitrogens with zero attached hydrogens (tertiary/aromatic N) is 1. The van der Waals surface area contributed by atoms with Crippen LogP contribution < -0.4 is 0 Å². The number of hydrogen-bond donors (Lipinski definition) is 1. The fraction of sp³-hybridized carbons (Fsp3) is 0.458. The van der Waals surface area contributed by atoms with Crippen molar-refractivity contribution in [2.24, 2.45) is 11.8 Å². The molecule has 1 fully saturated rings. The van der Waals surface area contributed by atoms with Crippen LogP contribution in [0.4, 0.5) is 0 Å². The SMILES string of the molecule is Cc1ccc([C@@H]2C[C@@H](SCCC(C)C)[C@H](C(=O)O)CN2S(=O)(=O)c2ccc(Cl)cc2)cc1. The second-order valence-electron chi connectivity index (χ2n) is 8.73. The van der Waals surface area contributed by atoms with Gasteiger partial charge in [-0.2, -0.15) is 16.1 Å². The number of aliphatic carboxylic acids is 1. The van der Waals surface area contributed by atoms with Gasteiger partial charge in [-0.3, -0.25) is 4.79 Å². The molecule has 0 radical (unpaired) electrons. The van der Waals surface area contributed by atoms with Gasteiger partial charge in [-0.05, 0) is 61.3 Å². The number of thioether (sulfide) groups is 1. The number of piperidine rings is 1. The minimum atomic E-state index is -3.91. The molecule has 0 spiro atoms. The third-order valence-corrected chi connectivity index (χ3v) is 9.42. The van der Waals surface area contributed by atoms with Gasteiger partial charge in [0.05, 0.1) is 16.9 Å². The molecule has 1 saturated heterocycles. The Bertz CT molecular complexity index is 1020. The maximum atomic E-state index is 13.6. The van der Waals surface area contributed by atoms with E-state index in [0.717, 1.165) is 23.3 Å². The van der Waals surface area contributed by atoms with E-state index in [-0.39, 0.29) is 16.7 Å². The summed E-state index contributed by atoms with van der Waals surface area (Å²) < 4.78 is 28.6. The van der Waals surface area contributed by atoms with E-state index in [1.165, 1.54) is 16.4 Å². The lowest BCUT2D eigenvalue weighted by molar-refractivity contribution is -0.143. The maximum Gasteiger partial charge on any atom is 0.308 e. The monoisotopic (exact) mass is 495 g/mol. The van der Waals surface area contributed by atoms with Gasteiger partial charge in [0.2, 0.25) is 10.0 Å². The Balaban J connectivity index is 1.99. The quantitative estimate of drug-likeness (QED) is 0.513. The average Bonchev–Trinajstić information content (AvgIpc) is 2.73. The van der Waals surface area contributed by atoms with Gasteiger partial charge in [0.25, 0.3) is 0 Å². The van der Waals surface area contributed by atoms with Crippen molar-refractivity contribution in [1.29, 1.82) is 0 Å². The molecule has 0 unspecified atom stereocenters. The van der Waals surface area contributed by atoms with Gasteiger partial charge in [0.1, 0.15) is 0 Å². The van der Waals surface area contributed by atoms with Crippen molar-refractivity contribution in [3.63, 3.8) is 0 Å². The number of rotatable bonds is 8. The van der Waals surface area contributed by atoms with Gasteiger partial charge in [-0.25, -0.2) is 8.42 Å². The molecule has 0 saturated carbocycles. The van der Waals surface area contributed by atoms with Gasteiger partial charge >= 0.3 is 5.97 Å². The third-order valence-electron chi connectivity index (χ3n) is 5.86. The van der Waals surface area contributed by atoms with Gasteiger partial charge < -0.3 is 5.11 Å². The van der Waals surface area contributed by atoms with E-state index < -0.39 is 28.0 Å². The zero-order chi connectivity index (χ0) is 23.5. The lowest BCUT2D eigenvalue weighted by atomic mass is 9.90. The first-order chi connectivity index (χ1) is 15.1. The molecule has 174 valence electrons. The number of aryl methyl sites for hydroxylation is 1. The zero-order valence-corrected chi connectivity index (χ0v) is 21.0. The van der Waals surface area contributed by atoms with Crippen LogP contribution in [0.25, 0.3) is 0 Å². The number of carboxylic acid groups (broad SMARTS) is 1. The Kier molecular flexibility index (Phi) is 8.31. The summed E-state index contributed by atoms with van der Waals surface area (Å²) >= 11 is 7.61. The highest BCUT2D eigenvalue weighted by atomic mass is 35.5. The Labute approximate surface area is 200 Å². The predicted octanol–water partition coefficient (Wildman–Crippen LogP) is 5.63.